The second-order valence-corrected chi connectivity index (χ2v) is 5.56. The van der Waals surface area contributed by atoms with Gasteiger partial charge in [0.2, 0.25) is 0 Å². The van der Waals surface area contributed by atoms with E-state index in [2.05, 4.69) is 41.2 Å². The largest absolute Gasteiger partial charge is 0.241 e. The molecule has 0 radical (unpaired) electrons. The first-order valence-corrected chi connectivity index (χ1v) is 7.76. The Morgan fingerprint density at radius 1 is 1.35 bits per heavy atom. The lowest BCUT2D eigenvalue weighted by molar-refractivity contribution is 0.823. The van der Waals surface area contributed by atoms with Crippen molar-refractivity contribution < 1.29 is 0 Å². The van der Waals surface area contributed by atoms with E-state index in [4.69, 9.17) is 0 Å². The van der Waals surface area contributed by atoms with E-state index in [-0.39, 0.29) is 0 Å². The number of pyridine rings is 1. The number of nitrogens with zero attached hydrogens (tertiary/aromatic N) is 4. The maximum Gasteiger partial charge on any atom is 0.128 e. The average molecular weight is 304 g/mol. The zero-order valence-corrected chi connectivity index (χ0v) is 13.6. The van der Waals surface area contributed by atoms with E-state index in [9.17, 15) is 0 Å². The lowest BCUT2D eigenvalue weighted by Gasteiger charge is -2.10. The van der Waals surface area contributed by atoms with Crippen LogP contribution in [-0.4, -0.2) is 19.6 Å². The van der Waals surface area contributed by atoms with E-state index in [1.165, 1.54) is 0 Å². The summed E-state index contributed by atoms with van der Waals surface area (Å²) in [7, 11) is 0. The highest BCUT2D eigenvalue weighted by Gasteiger charge is 2.10. The molecular formula is C19H20N4. The fourth-order valence-corrected chi connectivity index (χ4v) is 2.66. The van der Waals surface area contributed by atoms with Gasteiger partial charge >= 0.3 is 0 Å². The predicted molar refractivity (Wildman–Crippen MR) is 94.2 cm³/mol. The molecule has 116 valence electrons. The summed E-state index contributed by atoms with van der Waals surface area (Å²) in [6, 6.07) is 4.08. The lowest BCUT2D eigenvalue weighted by atomic mass is 10.00. The molecule has 0 aliphatic heterocycles. The topological polar surface area (TPSA) is 43.1 Å². The minimum atomic E-state index is 0.890. The van der Waals surface area contributed by atoms with Crippen molar-refractivity contribution >= 4 is 17.2 Å². The second kappa shape index (κ2) is 6.16. The molecule has 0 N–H and O–H groups in total. The van der Waals surface area contributed by atoms with Crippen LogP contribution >= 0.6 is 0 Å². The van der Waals surface area contributed by atoms with Gasteiger partial charge in [0.15, 0.2) is 0 Å². The van der Waals surface area contributed by atoms with Crippen molar-refractivity contribution in [3.8, 4) is 0 Å². The van der Waals surface area contributed by atoms with Crippen LogP contribution in [0, 0.1) is 6.92 Å². The minimum Gasteiger partial charge on any atom is -0.241 e. The van der Waals surface area contributed by atoms with Crippen LogP contribution in [-0.2, 0) is 6.42 Å². The Morgan fingerprint density at radius 3 is 2.87 bits per heavy atom. The van der Waals surface area contributed by atoms with Crippen LogP contribution in [0.5, 0.6) is 0 Å². The number of fused-ring (bicyclic) bond motifs is 1. The van der Waals surface area contributed by atoms with Crippen molar-refractivity contribution in [1.82, 2.24) is 19.6 Å². The molecule has 0 aromatic carbocycles. The van der Waals surface area contributed by atoms with Crippen LogP contribution in [0.15, 0.2) is 43.9 Å². The van der Waals surface area contributed by atoms with Gasteiger partial charge in [0, 0.05) is 35.6 Å². The fourth-order valence-electron chi connectivity index (χ4n) is 2.66. The number of aryl methyl sites for hydroxylation is 2. The second-order valence-electron chi connectivity index (χ2n) is 5.56. The van der Waals surface area contributed by atoms with E-state index in [0.29, 0.717) is 0 Å². The Morgan fingerprint density at radius 2 is 2.17 bits per heavy atom. The van der Waals surface area contributed by atoms with E-state index in [1.54, 1.807) is 0 Å². The maximum absolute atomic E-state index is 4.59. The predicted octanol–water partition coefficient (Wildman–Crippen LogP) is 4.09. The molecule has 0 aliphatic rings. The fraction of sp³-hybridized carbons (Fsp3) is 0.211. The molecule has 4 nitrogen and oxygen atoms in total. The first-order valence-electron chi connectivity index (χ1n) is 7.76. The quantitative estimate of drug-likeness (QED) is 0.713. The lowest BCUT2D eigenvalue weighted by Crippen LogP contribution is -2.01. The standard InChI is InChI=1S/C19H20N4/c1-5-7-19-20-12-17(14(4)22-19)13(3)16-8-9-23-18(10-16)15(6-2)11-21-23/h6,8-12H,2-3,5,7H2,1,4H3. The smallest absolute Gasteiger partial charge is 0.128 e. The van der Waals surface area contributed by atoms with Crippen molar-refractivity contribution in [2.45, 2.75) is 26.7 Å². The molecule has 0 atom stereocenters. The highest BCUT2D eigenvalue weighted by Crippen LogP contribution is 2.25. The minimum absolute atomic E-state index is 0.890. The highest BCUT2D eigenvalue weighted by molar-refractivity contribution is 5.82. The molecule has 3 rings (SSSR count). The van der Waals surface area contributed by atoms with E-state index < -0.39 is 0 Å². The number of rotatable bonds is 5. The molecule has 0 aliphatic carbocycles. The molecule has 0 bridgehead atoms. The summed E-state index contributed by atoms with van der Waals surface area (Å²) < 4.78 is 1.83. The van der Waals surface area contributed by atoms with Gasteiger partial charge in [-0.15, -0.1) is 0 Å². The normalized spacial score (nSPS) is 10.9. The molecule has 0 fully saturated rings. The van der Waals surface area contributed by atoms with Crippen LogP contribution in [0.3, 0.4) is 0 Å². The van der Waals surface area contributed by atoms with Crippen molar-refractivity contribution in [2.75, 3.05) is 0 Å². The van der Waals surface area contributed by atoms with Gasteiger partial charge in [-0.2, -0.15) is 5.10 Å². The molecule has 0 spiro atoms. The van der Waals surface area contributed by atoms with Gasteiger partial charge in [0.25, 0.3) is 0 Å². The number of hydrogen-bond acceptors (Lipinski definition) is 3. The van der Waals surface area contributed by atoms with Gasteiger partial charge in [-0.1, -0.05) is 26.2 Å². The van der Waals surface area contributed by atoms with Crippen LogP contribution < -0.4 is 0 Å². The van der Waals surface area contributed by atoms with Crippen LogP contribution in [0.1, 0.15) is 41.6 Å². The molecule has 23 heavy (non-hydrogen) atoms. The Bertz CT molecular complexity index is 890. The Balaban J connectivity index is 2.01. The van der Waals surface area contributed by atoms with E-state index in [1.807, 2.05) is 42.2 Å². The highest BCUT2D eigenvalue weighted by atomic mass is 15.2. The third-order valence-corrected chi connectivity index (χ3v) is 3.95. The molecule has 0 unspecified atom stereocenters. The molecule has 3 aromatic rings. The van der Waals surface area contributed by atoms with E-state index in [0.717, 1.165) is 52.1 Å². The summed E-state index contributed by atoms with van der Waals surface area (Å²) >= 11 is 0. The van der Waals surface area contributed by atoms with Crippen molar-refractivity contribution in [3.63, 3.8) is 0 Å². The van der Waals surface area contributed by atoms with Crippen molar-refractivity contribution in [3.05, 3.63) is 72.1 Å². The summed E-state index contributed by atoms with van der Waals surface area (Å²) in [5, 5.41) is 4.30. The monoisotopic (exact) mass is 304 g/mol. The van der Waals surface area contributed by atoms with Crippen LogP contribution in [0.4, 0.5) is 0 Å². The third-order valence-electron chi connectivity index (χ3n) is 3.95. The zero-order valence-electron chi connectivity index (χ0n) is 13.6. The van der Waals surface area contributed by atoms with Crippen molar-refractivity contribution in [2.24, 2.45) is 0 Å². The van der Waals surface area contributed by atoms with Gasteiger partial charge < -0.3 is 0 Å². The molecule has 3 heterocycles. The maximum atomic E-state index is 4.59. The summed E-state index contributed by atoms with van der Waals surface area (Å²) in [5.74, 6) is 0.890. The van der Waals surface area contributed by atoms with Crippen LogP contribution in [0.25, 0.3) is 17.2 Å². The van der Waals surface area contributed by atoms with Gasteiger partial charge in [0.05, 0.1) is 11.7 Å². The zero-order chi connectivity index (χ0) is 16.4. The summed E-state index contributed by atoms with van der Waals surface area (Å²) in [6.45, 7) is 12.2. The SMILES string of the molecule is C=Cc1cnn2ccc(C(=C)c3cnc(CCC)nc3C)cc12. The first kappa shape index (κ1) is 15.2. The molecule has 4 heteroatoms. The molecule has 0 saturated heterocycles. The van der Waals surface area contributed by atoms with Gasteiger partial charge in [0.1, 0.15) is 5.82 Å². The Hall–Kier alpha value is -2.75. The van der Waals surface area contributed by atoms with Crippen molar-refractivity contribution in [1.29, 1.82) is 0 Å². The summed E-state index contributed by atoms with van der Waals surface area (Å²) in [5.41, 5.74) is 5.92. The average Bonchev–Trinajstić information content (AvgIpc) is 2.97. The molecular weight excluding hydrogens is 284 g/mol. The molecule has 0 saturated carbocycles. The van der Waals surface area contributed by atoms with Gasteiger partial charge in [-0.05, 0) is 36.6 Å². The Labute approximate surface area is 136 Å². The van der Waals surface area contributed by atoms with Gasteiger partial charge in [-0.25, -0.2) is 14.5 Å². The first-order chi connectivity index (χ1) is 11.1. The summed E-state index contributed by atoms with van der Waals surface area (Å²) in [4.78, 5) is 9.05. The molecule has 0 amide bonds. The van der Waals surface area contributed by atoms with E-state index >= 15 is 0 Å². The van der Waals surface area contributed by atoms with Crippen LogP contribution in [0.2, 0.25) is 0 Å². The molecule has 3 aromatic heterocycles. The third kappa shape index (κ3) is 2.80. The Kier molecular flexibility index (Phi) is 4.06. The van der Waals surface area contributed by atoms with Gasteiger partial charge in [-0.3, -0.25) is 0 Å². The number of hydrogen-bond donors (Lipinski definition) is 0. The number of aromatic nitrogens is 4. The summed E-state index contributed by atoms with van der Waals surface area (Å²) in [6.07, 6.45) is 9.38.